The molecule has 8 heteroatoms. The predicted molar refractivity (Wildman–Crippen MR) is 137 cm³/mol. The summed E-state index contributed by atoms with van der Waals surface area (Å²) in [5.74, 6) is -0.0784. The van der Waals surface area contributed by atoms with Crippen LogP contribution >= 0.6 is 23.8 Å². The van der Waals surface area contributed by atoms with Crippen LogP contribution in [0.15, 0.2) is 24.0 Å². The minimum Gasteiger partial charge on any atom is -0.487 e. The van der Waals surface area contributed by atoms with E-state index < -0.39 is 7.82 Å². The Morgan fingerprint density at radius 3 is 2.24 bits per heavy atom. The topological polar surface area (TPSA) is 93.1 Å². The normalized spacial score (nSPS) is 18.3. The van der Waals surface area contributed by atoms with Crippen LogP contribution in [-0.4, -0.2) is 33.6 Å². The number of rotatable bonds is 20. The molecule has 0 spiro atoms. The highest BCUT2D eigenvalue weighted by Gasteiger charge is 2.32. The summed E-state index contributed by atoms with van der Waals surface area (Å²) in [4.78, 5) is 31.1. The van der Waals surface area contributed by atoms with Crippen LogP contribution in [0.2, 0.25) is 0 Å². The standard InChI is InChI=1S/C25H44BrO6P/c1-3-5-6-7-8-9-10-11-14-22(13-4-2)32-24-16-12-15-23(25(24)27)21(17-19-26)18-20-31-33(28,29)30/h12,15-16,21-23H,3-11,13-14,17-20H2,1-2H3,(H2,28,29,30). The number of carbonyl (C=O) groups excluding carboxylic acids is 1. The van der Waals surface area contributed by atoms with Gasteiger partial charge in [-0.2, -0.15) is 0 Å². The molecule has 0 aromatic rings. The molecular formula is C25H44BrO6P. The van der Waals surface area contributed by atoms with Crippen molar-refractivity contribution in [1.82, 2.24) is 0 Å². The van der Waals surface area contributed by atoms with E-state index in [0.29, 0.717) is 23.9 Å². The zero-order valence-corrected chi connectivity index (χ0v) is 22.9. The largest absolute Gasteiger partial charge is 0.487 e. The van der Waals surface area contributed by atoms with Gasteiger partial charge in [0.15, 0.2) is 5.76 Å². The monoisotopic (exact) mass is 550 g/mol. The lowest BCUT2D eigenvalue weighted by Crippen LogP contribution is -2.29. The molecule has 1 aliphatic carbocycles. The predicted octanol–water partition coefficient (Wildman–Crippen LogP) is 7.24. The first-order chi connectivity index (χ1) is 15.8. The van der Waals surface area contributed by atoms with Crippen molar-refractivity contribution >= 4 is 29.5 Å². The number of halogens is 1. The highest BCUT2D eigenvalue weighted by atomic mass is 79.9. The van der Waals surface area contributed by atoms with Gasteiger partial charge in [0.1, 0.15) is 0 Å². The Morgan fingerprint density at radius 2 is 1.64 bits per heavy atom. The number of alkyl halides is 1. The third-order valence-electron chi connectivity index (χ3n) is 6.13. The molecule has 3 atom stereocenters. The zero-order valence-electron chi connectivity index (χ0n) is 20.4. The number of hydrogen-bond acceptors (Lipinski definition) is 4. The third kappa shape index (κ3) is 13.9. The number of unbranched alkanes of at least 4 members (excludes halogenated alkanes) is 7. The van der Waals surface area contributed by atoms with Gasteiger partial charge >= 0.3 is 7.82 Å². The first-order valence-electron chi connectivity index (χ1n) is 12.7. The number of hydrogen-bond donors (Lipinski definition) is 2. The van der Waals surface area contributed by atoms with Gasteiger partial charge in [0.05, 0.1) is 12.7 Å². The fourth-order valence-corrected chi connectivity index (χ4v) is 5.23. The molecule has 0 heterocycles. The van der Waals surface area contributed by atoms with Crippen molar-refractivity contribution in [1.29, 1.82) is 0 Å². The fourth-order valence-electron chi connectivity index (χ4n) is 4.30. The second-order valence-corrected chi connectivity index (χ2v) is 11.0. The second kappa shape index (κ2) is 17.9. The number of allylic oxidation sites excluding steroid dienone is 4. The lowest BCUT2D eigenvalue weighted by atomic mass is 9.81. The third-order valence-corrected chi connectivity index (χ3v) is 7.11. The summed E-state index contributed by atoms with van der Waals surface area (Å²) >= 11 is 3.43. The number of carbonyl (C=O) groups is 1. The van der Waals surface area contributed by atoms with Crippen LogP contribution in [0.25, 0.3) is 0 Å². The van der Waals surface area contributed by atoms with Crippen molar-refractivity contribution in [2.24, 2.45) is 11.8 Å². The van der Waals surface area contributed by atoms with Gasteiger partial charge in [-0.1, -0.05) is 93.3 Å². The Kier molecular flexibility index (Phi) is 16.6. The molecule has 1 aliphatic rings. The van der Waals surface area contributed by atoms with Crippen molar-refractivity contribution < 1.29 is 28.4 Å². The van der Waals surface area contributed by atoms with Crippen LogP contribution < -0.4 is 0 Å². The van der Waals surface area contributed by atoms with Gasteiger partial charge in [-0.3, -0.25) is 9.32 Å². The Morgan fingerprint density at radius 1 is 0.970 bits per heavy atom. The first-order valence-corrected chi connectivity index (χ1v) is 15.3. The van der Waals surface area contributed by atoms with E-state index in [1.54, 1.807) is 6.08 Å². The highest BCUT2D eigenvalue weighted by molar-refractivity contribution is 9.09. The molecule has 1 rings (SSSR count). The summed E-state index contributed by atoms with van der Waals surface area (Å²) in [6.07, 6.45) is 19.7. The van der Waals surface area contributed by atoms with E-state index in [9.17, 15) is 9.36 Å². The molecule has 0 bridgehead atoms. The average Bonchev–Trinajstić information content (AvgIpc) is 2.76. The minimum absolute atomic E-state index is 0.0448. The summed E-state index contributed by atoms with van der Waals surface area (Å²) in [7, 11) is -4.51. The van der Waals surface area contributed by atoms with Gasteiger partial charge < -0.3 is 14.5 Å². The van der Waals surface area contributed by atoms with Crippen LogP contribution in [-0.2, 0) is 18.6 Å². The maximum Gasteiger partial charge on any atom is 0.469 e. The summed E-state index contributed by atoms with van der Waals surface area (Å²) in [6, 6.07) is 0. The Hall–Kier alpha value is -0.460. The molecule has 33 heavy (non-hydrogen) atoms. The SMILES string of the molecule is CCCCCCCCCCC(CCC)OC1=CC=CC(C(CCBr)CCOP(=O)(O)O)C1=O. The molecule has 0 aliphatic heterocycles. The number of Topliss-reactive ketones (excluding diaryl/α,β-unsaturated/α-hetero) is 1. The highest BCUT2D eigenvalue weighted by Crippen LogP contribution is 2.37. The number of ketones is 1. The van der Waals surface area contributed by atoms with E-state index in [4.69, 9.17) is 14.5 Å². The first kappa shape index (κ1) is 30.6. The van der Waals surface area contributed by atoms with Gasteiger partial charge in [0.2, 0.25) is 5.78 Å². The Balaban J connectivity index is 2.56. The molecule has 0 radical (unpaired) electrons. The van der Waals surface area contributed by atoms with Crippen molar-refractivity contribution in [2.75, 3.05) is 11.9 Å². The van der Waals surface area contributed by atoms with E-state index in [-0.39, 0.29) is 30.3 Å². The molecule has 0 amide bonds. The maximum atomic E-state index is 13.2. The van der Waals surface area contributed by atoms with Crippen LogP contribution in [0, 0.1) is 11.8 Å². The van der Waals surface area contributed by atoms with Crippen LogP contribution in [0.1, 0.15) is 97.3 Å². The van der Waals surface area contributed by atoms with Gasteiger partial charge in [-0.25, -0.2) is 4.57 Å². The van der Waals surface area contributed by atoms with E-state index in [0.717, 1.165) is 25.7 Å². The molecule has 0 aromatic heterocycles. The average molecular weight is 551 g/mol. The minimum atomic E-state index is -4.51. The molecule has 6 nitrogen and oxygen atoms in total. The molecule has 3 unspecified atom stereocenters. The fraction of sp³-hybridized carbons (Fsp3) is 0.800. The molecule has 2 N–H and O–H groups in total. The van der Waals surface area contributed by atoms with Gasteiger partial charge in [-0.15, -0.1) is 0 Å². The molecular weight excluding hydrogens is 507 g/mol. The lowest BCUT2D eigenvalue weighted by molar-refractivity contribution is -0.124. The van der Waals surface area contributed by atoms with Crippen LogP contribution in [0.4, 0.5) is 0 Å². The van der Waals surface area contributed by atoms with E-state index in [2.05, 4.69) is 34.3 Å². The molecule has 0 saturated carbocycles. The number of phosphoric acid groups is 1. The molecule has 0 aromatic carbocycles. The number of ether oxygens (including phenoxy) is 1. The van der Waals surface area contributed by atoms with Crippen LogP contribution in [0.3, 0.4) is 0 Å². The van der Waals surface area contributed by atoms with Crippen molar-refractivity contribution in [2.45, 2.75) is 103 Å². The van der Waals surface area contributed by atoms with Crippen molar-refractivity contribution in [3.8, 4) is 0 Å². The van der Waals surface area contributed by atoms with E-state index >= 15 is 0 Å². The van der Waals surface area contributed by atoms with Crippen molar-refractivity contribution in [3.05, 3.63) is 24.0 Å². The quantitative estimate of drug-likeness (QED) is 0.0941. The Bertz CT molecular complexity index is 645. The zero-order chi connectivity index (χ0) is 24.5. The number of phosphoric ester groups is 1. The Labute approximate surface area is 209 Å². The summed E-state index contributed by atoms with van der Waals surface area (Å²) < 4.78 is 21.8. The summed E-state index contributed by atoms with van der Waals surface area (Å²) in [5, 5.41) is 0.696. The molecule has 0 saturated heterocycles. The molecule has 192 valence electrons. The molecule has 0 fully saturated rings. The van der Waals surface area contributed by atoms with Crippen LogP contribution in [0.5, 0.6) is 0 Å². The van der Waals surface area contributed by atoms with Gasteiger partial charge in [0, 0.05) is 11.2 Å². The van der Waals surface area contributed by atoms with E-state index in [1.807, 2.05) is 12.2 Å². The van der Waals surface area contributed by atoms with E-state index in [1.165, 1.54) is 44.9 Å². The summed E-state index contributed by atoms with van der Waals surface area (Å²) in [6.45, 7) is 4.29. The van der Waals surface area contributed by atoms with Crippen molar-refractivity contribution in [3.63, 3.8) is 0 Å². The lowest BCUT2D eigenvalue weighted by Gasteiger charge is -2.28. The van der Waals surface area contributed by atoms with Gasteiger partial charge in [0.25, 0.3) is 0 Å². The second-order valence-electron chi connectivity index (χ2n) is 8.95. The summed E-state index contributed by atoms with van der Waals surface area (Å²) in [5.41, 5.74) is 0. The van der Waals surface area contributed by atoms with Gasteiger partial charge in [-0.05, 0) is 44.1 Å². The maximum absolute atomic E-state index is 13.2. The smallest absolute Gasteiger partial charge is 0.469 e.